The van der Waals surface area contributed by atoms with Crippen LogP contribution in [0.1, 0.15) is 39.3 Å². The van der Waals surface area contributed by atoms with Crippen molar-refractivity contribution in [3.63, 3.8) is 0 Å². The van der Waals surface area contributed by atoms with Gasteiger partial charge in [-0.15, -0.1) is 0 Å². The van der Waals surface area contributed by atoms with Gasteiger partial charge in [0.05, 0.1) is 24.6 Å². The average molecular weight is 488 g/mol. The van der Waals surface area contributed by atoms with E-state index in [4.69, 9.17) is 0 Å². The van der Waals surface area contributed by atoms with Crippen molar-refractivity contribution in [3.05, 3.63) is 75.8 Å². The second kappa shape index (κ2) is 9.71. The van der Waals surface area contributed by atoms with E-state index in [1.807, 2.05) is 6.07 Å². The first-order valence-electron chi connectivity index (χ1n) is 11.3. The molecular weight excluding hydrogens is 463 g/mol. The highest BCUT2D eigenvalue weighted by atomic mass is 32.1. The van der Waals surface area contributed by atoms with Gasteiger partial charge in [0, 0.05) is 38.3 Å². The number of thiazole rings is 1. The van der Waals surface area contributed by atoms with Crippen molar-refractivity contribution in [2.45, 2.75) is 38.4 Å². The molecule has 2 aliphatic rings. The van der Waals surface area contributed by atoms with Crippen molar-refractivity contribution < 1.29 is 18.0 Å². The predicted octanol–water partition coefficient (Wildman–Crippen LogP) is 3.91. The third-order valence-corrected chi connectivity index (χ3v) is 7.56. The summed E-state index contributed by atoms with van der Waals surface area (Å²) in [7, 11) is 0. The number of aromatic nitrogens is 2. The summed E-state index contributed by atoms with van der Waals surface area (Å²) < 4.78 is 40.7. The number of amides is 1. The van der Waals surface area contributed by atoms with E-state index in [-0.39, 0.29) is 24.0 Å². The number of fused-ring (bicyclic) bond motifs is 1. The number of rotatable bonds is 5. The SMILES string of the molecule is O=C(NCc1ncc(F)cc1F)c1cnc(N2CCC(N3CCc4c(F)cccc4C3)CC2)s1. The van der Waals surface area contributed by atoms with Crippen LogP contribution >= 0.6 is 11.3 Å². The number of carbonyl (C=O) groups excluding carboxylic acids is 1. The van der Waals surface area contributed by atoms with Gasteiger partial charge < -0.3 is 10.2 Å². The second-order valence-electron chi connectivity index (χ2n) is 8.59. The molecule has 178 valence electrons. The molecule has 0 bridgehead atoms. The number of halogens is 3. The molecule has 0 atom stereocenters. The topological polar surface area (TPSA) is 61.4 Å². The highest BCUT2D eigenvalue weighted by Crippen LogP contribution is 2.30. The molecule has 0 aliphatic carbocycles. The van der Waals surface area contributed by atoms with E-state index in [9.17, 15) is 18.0 Å². The molecule has 1 N–H and O–H groups in total. The first-order chi connectivity index (χ1) is 16.5. The minimum absolute atomic E-state index is 0.0235. The molecule has 0 unspecified atom stereocenters. The summed E-state index contributed by atoms with van der Waals surface area (Å²) >= 11 is 1.29. The van der Waals surface area contributed by atoms with Gasteiger partial charge in [0.2, 0.25) is 0 Å². The standard InChI is InChI=1S/C24H24F3N5OS/c25-16-10-20(27)21(28-11-16)12-29-23(33)22-13-30-24(34-22)31-7-4-17(5-8-31)32-9-6-18-15(14-32)2-1-3-19(18)26/h1-3,10-11,13,17H,4-9,12,14H2,(H,29,33). The van der Waals surface area contributed by atoms with E-state index in [2.05, 4.69) is 25.1 Å². The van der Waals surface area contributed by atoms with E-state index < -0.39 is 11.6 Å². The molecule has 2 aromatic heterocycles. The maximum Gasteiger partial charge on any atom is 0.263 e. The fraction of sp³-hybridized carbons (Fsp3) is 0.375. The molecule has 2 aliphatic heterocycles. The first-order valence-corrected chi connectivity index (χ1v) is 12.1. The molecule has 0 spiro atoms. The number of carbonyl (C=O) groups is 1. The van der Waals surface area contributed by atoms with Crippen LogP contribution < -0.4 is 10.2 Å². The summed E-state index contributed by atoms with van der Waals surface area (Å²) in [6, 6.07) is 6.51. The Morgan fingerprint density at radius 2 is 1.91 bits per heavy atom. The van der Waals surface area contributed by atoms with Crippen molar-refractivity contribution in [1.29, 1.82) is 0 Å². The van der Waals surface area contributed by atoms with Gasteiger partial charge in [0.1, 0.15) is 22.3 Å². The molecule has 10 heteroatoms. The summed E-state index contributed by atoms with van der Waals surface area (Å²) in [5.41, 5.74) is 1.91. The molecule has 1 fully saturated rings. The lowest BCUT2D eigenvalue weighted by Gasteiger charge is -2.40. The summed E-state index contributed by atoms with van der Waals surface area (Å²) in [4.78, 5) is 25.6. The van der Waals surface area contributed by atoms with Crippen LogP contribution in [0.5, 0.6) is 0 Å². The summed E-state index contributed by atoms with van der Waals surface area (Å²) in [5, 5.41) is 3.39. The summed E-state index contributed by atoms with van der Waals surface area (Å²) in [5.74, 6) is -2.03. The zero-order valence-electron chi connectivity index (χ0n) is 18.4. The largest absolute Gasteiger partial charge is 0.348 e. The van der Waals surface area contributed by atoms with Gasteiger partial charge in [0.15, 0.2) is 5.13 Å². The molecule has 0 radical (unpaired) electrons. The Hall–Kier alpha value is -2.98. The van der Waals surface area contributed by atoms with Crippen molar-refractivity contribution in [3.8, 4) is 0 Å². The molecule has 4 heterocycles. The molecule has 3 aromatic rings. The van der Waals surface area contributed by atoms with E-state index in [1.165, 1.54) is 23.6 Å². The lowest BCUT2D eigenvalue weighted by atomic mass is 9.95. The number of anilines is 1. The summed E-state index contributed by atoms with van der Waals surface area (Å²) in [6.07, 6.45) is 5.12. The van der Waals surface area contributed by atoms with Crippen LogP contribution in [0.15, 0.2) is 36.7 Å². The van der Waals surface area contributed by atoms with Crippen LogP contribution in [0.25, 0.3) is 0 Å². The average Bonchev–Trinajstić information content (AvgIpc) is 3.34. The lowest BCUT2D eigenvalue weighted by Crippen LogP contribution is -2.46. The van der Waals surface area contributed by atoms with Gasteiger partial charge in [-0.25, -0.2) is 18.2 Å². The number of nitrogens with one attached hydrogen (secondary N) is 1. The van der Waals surface area contributed by atoms with Crippen molar-refractivity contribution in [2.75, 3.05) is 24.5 Å². The molecule has 0 saturated carbocycles. The van der Waals surface area contributed by atoms with Gasteiger partial charge in [-0.1, -0.05) is 23.5 Å². The van der Waals surface area contributed by atoms with Crippen LogP contribution in [-0.4, -0.2) is 46.5 Å². The molecular formula is C24H24F3N5OS. The highest BCUT2D eigenvalue weighted by molar-refractivity contribution is 7.17. The first kappa shape index (κ1) is 22.8. The number of hydrogen-bond donors (Lipinski definition) is 1. The normalized spacial score (nSPS) is 17.0. The molecule has 1 aromatic carbocycles. The zero-order chi connectivity index (χ0) is 23.7. The van der Waals surface area contributed by atoms with E-state index >= 15 is 0 Å². The molecule has 5 rings (SSSR count). The molecule has 1 saturated heterocycles. The van der Waals surface area contributed by atoms with Gasteiger partial charge >= 0.3 is 0 Å². The van der Waals surface area contributed by atoms with Crippen molar-refractivity contribution in [1.82, 2.24) is 20.2 Å². The van der Waals surface area contributed by atoms with Crippen LogP contribution in [0.4, 0.5) is 18.3 Å². The molecule has 34 heavy (non-hydrogen) atoms. The van der Waals surface area contributed by atoms with E-state index in [0.29, 0.717) is 10.9 Å². The quantitative estimate of drug-likeness (QED) is 0.591. The Morgan fingerprint density at radius 1 is 1.09 bits per heavy atom. The summed E-state index contributed by atoms with van der Waals surface area (Å²) in [6.45, 7) is 3.17. The molecule has 1 amide bonds. The second-order valence-corrected chi connectivity index (χ2v) is 9.60. The fourth-order valence-electron chi connectivity index (χ4n) is 4.66. The van der Waals surface area contributed by atoms with E-state index in [1.54, 1.807) is 6.07 Å². The smallest absolute Gasteiger partial charge is 0.263 e. The van der Waals surface area contributed by atoms with Crippen LogP contribution in [-0.2, 0) is 19.5 Å². The van der Waals surface area contributed by atoms with E-state index in [0.717, 1.165) is 74.0 Å². The molecule has 6 nitrogen and oxygen atoms in total. The number of piperidine rings is 1. The van der Waals surface area contributed by atoms with Crippen LogP contribution in [0.3, 0.4) is 0 Å². The predicted molar refractivity (Wildman–Crippen MR) is 123 cm³/mol. The third-order valence-electron chi connectivity index (χ3n) is 6.51. The van der Waals surface area contributed by atoms with Crippen molar-refractivity contribution >= 4 is 22.4 Å². The van der Waals surface area contributed by atoms with Gasteiger partial charge in [-0.3, -0.25) is 14.7 Å². The van der Waals surface area contributed by atoms with Crippen molar-refractivity contribution in [2.24, 2.45) is 0 Å². The third kappa shape index (κ3) is 4.78. The van der Waals surface area contributed by atoms with Gasteiger partial charge in [-0.05, 0) is 36.5 Å². The maximum absolute atomic E-state index is 14.0. The maximum atomic E-state index is 14.0. The van der Waals surface area contributed by atoms with Gasteiger partial charge in [0.25, 0.3) is 5.91 Å². The Morgan fingerprint density at radius 3 is 2.71 bits per heavy atom. The zero-order valence-corrected chi connectivity index (χ0v) is 19.3. The minimum Gasteiger partial charge on any atom is -0.348 e. The van der Waals surface area contributed by atoms with Crippen LogP contribution in [0, 0.1) is 17.5 Å². The Bertz CT molecular complexity index is 1200. The fourth-order valence-corrected chi connectivity index (χ4v) is 5.54. The minimum atomic E-state index is -0.796. The lowest BCUT2D eigenvalue weighted by molar-refractivity contribution is 0.0954. The Balaban J connectivity index is 1.14. The Labute approximate surface area is 199 Å². The number of pyridine rings is 1. The number of benzene rings is 1. The monoisotopic (exact) mass is 487 g/mol. The number of nitrogens with zero attached hydrogens (tertiary/aromatic N) is 4. The van der Waals surface area contributed by atoms with Crippen LogP contribution in [0.2, 0.25) is 0 Å². The highest BCUT2D eigenvalue weighted by Gasteiger charge is 2.29. The van der Waals surface area contributed by atoms with Gasteiger partial charge in [-0.2, -0.15) is 0 Å². The number of hydrogen-bond acceptors (Lipinski definition) is 6. The Kier molecular flexibility index (Phi) is 6.51.